The van der Waals surface area contributed by atoms with Crippen molar-refractivity contribution in [1.29, 1.82) is 0 Å². The molecule has 0 aliphatic rings. The molecule has 0 heterocycles. The first kappa shape index (κ1) is 16.7. The first-order valence-corrected chi connectivity index (χ1v) is 5.72. The smallest absolute Gasteiger partial charge is 0.331 e. The summed E-state index contributed by atoms with van der Waals surface area (Å²) in [4.78, 5) is 42.0. The zero-order valence-electron chi connectivity index (χ0n) is 10.5. The van der Waals surface area contributed by atoms with Crippen molar-refractivity contribution >= 4 is 24.0 Å². The summed E-state index contributed by atoms with van der Waals surface area (Å²) in [5, 5.41) is 0. The fourth-order valence-electron chi connectivity index (χ4n) is 1.24. The van der Waals surface area contributed by atoms with Crippen molar-refractivity contribution in [2.75, 3.05) is 19.7 Å². The van der Waals surface area contributed by atoms with Crippen molar-refractivity contribution in [2.24, 2.45) is 15.0 Å². The zero-order valence-corrected chi connectivity index (χ0v) is 10.5. The van der Waals surface area contributed by atoms with Crippen LogP contribution in [0.1, 0.15) is 19.3 Å². The van der Waals surface area contributed by atoms with Crippen molar-refractivity contribution < 1.29 is 19.1 Å². The Morgan fingerprint density at radius 3 is 2.58 bits per heavy atom. The largest absolute Gasteiger partial charge is 0.462 e. The Bertz CT molecular complexity index is 417. The van der Waals surface area contributed by atoms with Crippen LogP contribution in [0, 0.1) is 0 Å². The van der Waals surface area contributed by atoms with Crippen molar-refractivity contribution in [1.82, 2.24) is 0 Å². The third-order valence-electron chi connectivity index (χ3n) is 2.10. The van der Waals surface area contributed by atoms with Crippen LogP contribution < -0.4 is 0 Å². The molecule has 0 fully saturated rings. The van der Waals surface area contributed by atoms with Gasteiger partial charge in [-0.2, -0.15) is 4.99 Å². The molecule has 1 unspecified atom stereocenters. The van der Waals surface area contributed by atoms with E-state index in [1.807, 2.05) is 0 Å². The van der Waals surface area contributed by atoms with Crippen LogP contribution in [0.2, 0.25) is 0 Å². The summed E-state index contributed by atoms with van der Waals surface area (Å²) < 4.78 is 4.88. The highest BCUT2D eigenvalue weighted by molar-refractivity contribution is 5.76. The lowest BCUT2D eigenvalue weighted by Gasteiger charge is -2.09. The van der Waals surface area contributed by atoms with Gasteiger partial charge in [-0.15, -0.1) is 0 Å². The number of nitrogens with zero attached hydrogens (tertiary/aromatic N) is 3. The number of rotatable bonds is 10. The molecule has 0 radical (unpaired) electrons. The van der Waals surface area contributed by atoms with E-state index in [0.717, 1.165) is 0 Å². The maximum absolute atomic E-state index is 11.6. The lowest BCUT2D eigenvalue weighted by atomic mass is 10.1. The van der Waals surface area contributed by atoms with Gasteiger partial charge in [0.05, 0.1) is 13.1 Å². The van der Waals surface area contributed by atoms with Gasteiger partial charge in [0, 0.05) is 0 Å². The number of unbranched alkanes of at least 4 members (excludes halogenated alkanes) is 1. The van der Waals surface area contributed by atoms with Gasteiger partial charge in [-0.3, -0.25) is 0 Å². The molecule has 0 aromatic carbocycles. The Morgan fingerprint density at radius 2 is 1.95 bits per heavy atom. The van der Waals surface area contributed by atoms with Crippen LogP contribution in [0.4, 0.5) is 0 Å². The number of aliphatic imine (C=N–C) groups is 3. The van der Waals surface area contributed by atoms with Crippen LogP contribution in [0.15, 0.2) is 21.6 Å². The Labute approximate surface area is 110 Å². The zero-order chi connectivity index (χ0) is 14.3. The molecule has 0 aliphatic carbocycles. The highest BCUT2D eigenvalue weighted by atomic mass is 16.5. The molecule has 0 aromatic rings. The lowest BCUT2D eigenvalue weighted by molar-refractivity contribution is -0.145. The van der Waals surface area contributed by atoms with E-state index in [0.29, 0.717) is 25.8 Å². The number of carbonyl (C=O) groups excluding carboxylic acids is 3. The fourth-order valence-corrected chi connectivity index (χ4v) is 1.24. The number of carbonyl (C=O) groups is 1. The normalized spacial score (nSPS) is 10.3. The number of hydrogen-bond acceptors (Lipinski definition) is 7. The third kappa shape index (κ3) is 9.39. The van der Waals surface area contributed by atoms with E-state index in [1.165, 1.54) is 12.2 Å². The molecular weight excluding hydrogens is 250 g/mol. The summed E-state index contributed by atoms with van der Waals surface area (Å²) in [6, 6.07) is -0.870. The van der Waals surface area contributed by atoms with Crippen molar-refractivity contribution in [3.05, 3.63) is 6.58 Å². The summed E-state index contributed by atoms with van der Waals surface area (Å²) in [7, 11) is 0. The van der Waals surface area contributed by atoms with Gasteiger partial charge < -0.3 is 4.74 Å². The molecular formula is C12H15N3O4. The van der Waals surface area contributed by atoms with E-state index < -0.39 is 12.0 Å². The van der Waals surface area contributed by atoms with Crippen LogP contribution in [0.25, 0.3) is 0 Å². The summed E-state index contributed by atoms with van der Waals surface area (Å²) >= 11 is 0. The molecule has 7 heteroatoms. The Balaban J connectivity index is 4.07. The number of isocyanates is 2. The second-order valence-corrected chi connectivity index (χ2v) is 3.41. The summed E-state index contributed by atoms with van der Waals surface area (Å²) in [5.74, 6) is 1.71. The van der Waals surface area contributed by atoms with Crippen molar-refractivity contribution in [3.8, 4) is 0 Å². The van der Waals surface area contributed by atoms with Gasteiger partial charge in [0.1, 0.15) is 6.61 Å². The number of esters is 1. The van der Waals surface area contributed by atoms with E-state index in [2.05, 4.69) is 27.4 Å². The molecule has 0 aliphatic heterocycles. The molecule has 0 rings (SSSR count). The monoisotopic (exact) mass is 265 g/mol. The molecule has 0 spiro atoms. The molecule has 102 valence electrons. The van der Waals surface area contributed by atoms with E-state index in [1.54, 1.807) is 0 Å². The predicted octanol–water partition coefficient (Wildman–Crippen LogP) is 0.596. The minimum Gasteiger partial charge on any atom is -0.462 e. The quantitative estimate of drug-likeness (QED) is 0.250. The molecule has 0 bridgehead atoms. The lowest BCUT2D eigenvalue weighted by Crippen LogP contribution is -2.22. The van der Waals surface area contributed by atoms with E-state index in [9.17, 15) is 14.4 Å². The Hall–Kier alpha value is -2.32. The summed E-state index contributed by atoms with van der Waals surface area (Å²) in [6.45, 7) is 3.96. The van der Waals surface area contributed by atoms with Crippen molar-refractivity contribution in [2.45, 2.75) is 25.3 Å². The Kier molecular flexibility index (Phi) is 10.7. The number of hydrogen-bond donors (Lipinski definition) is 0. The molecule has 0 aromatic heterocycles. The maximum Gasteiger partial charge on any atom is 0.331 e. The SMILES string of the molecule is C=C=NCCOC(=O)C(CCCCN=C=O)N=C=O. The van der Waals surface area contributed by atoms with Gasteiger partial charge in [-0.05, 0) is 31.7 Å². The Morgan fingerprint density at radius 1 is 1.16 bits per heavy atom. The van der Waals surface area contributed by atoms with Crippen LogP contribution in [0.5, 0.6) is 0 Å². The van der Waals surface area contributed by atoms with Crippen molar-refractivity contribution in [3.63, 3.8) is 0 Å². The molecule has 1 atom stereocenters. The van der Waals surface area contributed by atoms with Gasteiger partial charge in [0.25, 0.3) is 0 Å². The predicted molar refractivity (Wildman–Crippen MR) is 67.6 cm³/mol. The van der Waals surface area contributed by atoms with Gasteiger partial charge in [0.2, 0.25) is 12.2 Å². The maximum atomic E-state index is 11.6. The van der Waals surface area contributed by atoms with Crippen LogP contribution in [-0.4, -0.2) is 49.7 Å². The highest BCUT2D eigenvalue weighted by Gasteiger charge is 2.18. The van der Waals surface area contributed by atoms with E-state index in [-0.39, 0.29) is 13.2 Å². The number of ether oxygens (including phenoxy) is 1. The van der Waals surface area contributed by atoms with Gasteiger partial charge in [-0.25, -0.2) is 24.4 Å². The van der Waals surface area contributed by atoms with E-state index in [4.69, 9.17) is 4.74 Å². The highest BCUT2D eigenvalue weighted by Crippen LogP contribution is 2.06. The minimum atomic E-state index is -0.870. The topological polar surface area (TPSA) is 97.5 Å². The molecule has 0 N–H and O–H groups in total. The van der Waals surface area contributed by atoms with Crippen LogP contribution in [0.3, 0.4) is 0 Å². The van der Waals surface area contributed by atoms with E-state index >= 15 is 0 Å². The summed E-state index contributed by atoms with van der Waals surface area (Å²) in [5.41, 5.74) is 0. The first-order valence-electron chi connectivity index (χ1n) is 5.72. The second kappa shape index (κ2) is 12.1. The molecule has 0 saturated carbocycles. The van der Waals surface area contributed by atoms with Gasteiger partial charge in [0.15, 0.2) is 6.04 Å². The average Bonchev–Trinajstić information content (AvgIpc) is 2.42. The summed E-state index contributed by atoms with van der Waals surface area (Å²) in [6.07, 6.45) is 4.29. The third-order valence-corrected chi connectivity index (χ3v) is 2.10. The average molecular weight is 265 g/mol. The standard InChI is InChI=1S/C12H15N3O4/c1-2-13-7-8-19-12(18)11(15-10-17)5-3-4-6-14-9-16/h11H,1,3-8H2. The molecule has 7 nitrogen and oxygen atoms in total. The fraction of sp³-hybridized carbons (Fsp3) is 0.583. The molecule has 19 heavy (non-hydrogen) atoms. The van der Waals surface area contributed by atoms with Crippen LogP contribution in [-0.2, 0) is 19.1 Å². The molecule has 0 amide bonds. The second-order valence-electron chi connectivity index (χ2n) is 3.41. The van der Waals surface area contributed by atoms with Crippen LogP contribution >= 0.6 is 0 Å². The van der Waals surface area contributed by atoms with Gasteiger partial charge >= 0.3 is 5.97 Å². The molecule has 0 saturated heterocycles. The van der Waals surface area contributed by atoms with Gasteiger partial charge in [-0.1, -0.05) is 0 Å². The first-order chi connectivity index (χ1) is 9.26. The minimum absolute atomic E-state index is 0.0850.